The topological polar surface area (TPSA) is 66.3 Å². The van der Waals surface area contributed by atoms with Gasteiger partial charge in [-0.1, -0.05) is 29.8 Å². The third-order valence-corrected chi connectivity index (χ3v) is 5.10. The minimum atomic E-state index is -0.0749. The number of hydrogen-bond donors (Lipinski definition) is 1. The molecule has 1 aliphatic rings. The lowest BCUT2D eigenvalue weighted by Crippen LogP contribution is -2.51. The predicted molar refractivity (Wildman–Crippen MR) is 109 cm³/mol. The van der Waals surface area contributed by atoms with Crippen LogP contribution < -0.4 is 10.2 Å². The van der Waals surface area contributed by atoms with Gasteiger partial charge in [-0.05, 0) is 24.3 Å². The Hall–Kier alpha value is -3.06. The first kappa shape index (κ1) is 18.3. The molecule has 0 spiro atoms. The summed E-state index contributed by atoms with van der Waals surface area (Å²) in [6.07, 6.45) is 5.26. The fraction of sp³-hybridized carbons (Fsp3) is 0.250. The van der Waals surface area contributed by atoms with E-state index in [0.717, 1.165) is 35.2 Å². The number of anilines is 1. The summed E-state index contributed by atoms with van der Waals surface area (Å²) in [7, 11) is 0. The number of carbonyl (C=O) groups is 1. The van der Waals surface area contributed by atoms with E-state index in [9.17, 15) is 4.79 Å². The van der Waals surface area contributed by atoms with E-state index in [-0.39, 0.29) is 6.03 Å². The summed E-state index contributed by atoms with van der Waals surface area (Å²) in [5, 5.41) is 7.96. The van der Waals surface area contributed by atoms with Gasteiger partial charge < -0.3 is 15.1 Å². The molecule has 1 saturated heterocycles. The molecular weight excluding hydrogens is 376 g/mol. The molecule has 8 heteroatoms. The second-order valence-corrected chi connectivity index (χ2v) is 6.93. The second kappa shape index (κ2) is 8.31. The first-order valence-corrected chi connectivity index (χ1v) is 9.56. The maximum absolute atomic E-state index is 12.6. The Morgan fingerprint density at radius 1 is 1.04 bits per heavy atom. The average Bonchev–Trinajstić information content (AvgIpc) is 3.27. The third-order valence-electron chi connectivity index (χ3n) is 4.78. The first-order chi connectivity index (χ1) is 13.7. The standard InChI is InChI=1S/C20H21ClN6O/c21-17-6-1-2-7-18(17)25-11-13-26(14-12-25)20(28)23-15-16-5-3-8-22-19(16)27-10-4-9-24-27/h1-10H,11-15H2,(H,23,28). The SMILES string of the molecule is O=C(NCc1cccnc1-n1cccn1)N1CCN(c2ccccc2Cl)CC1. The van der Waals surface area contributed by atoms with Crippen LogP contribution in [0.3, 0.4) is 0 Å². The summed E-state index contributed by atoms with van der Waals surface area (Å²) in [6, 6.07) is 13.4. The molecule has 1 fully saturated rings. The van der Waals surface area contributed by atoms with E-state index in [1.54, 1.807) is 17.1 Å². The molecule has 1 aliphatic heterocycles. The Balaban J connectivity index is 1.34. The molecule has 3 heterocycles. The Kier molecular flexibility index (Phi) is 5.43. The third kappa shape index (κ3) is 3.94. The zero-order chi connectivity index (χ0) is 19.3. The number of urea groups is 1. The number of halogens is 1. The van der Waals surface area contributed by atoms with E-state index in [0.29, 0.717) is 19.6 Å². The summed E-state index contributed by atoms with van der Waals surface area (Å²) < 4.78 is 1.70. The fourth-order valence-electron chi connectivity index (χ4n) is 3.31. The summed E-state index contributed by atoms with van der Waals surface area (Å²) in [6.45, 7) is 3.20. The lowest BCUT2D eigenvalue weighted by atomic mass is 10.2. The Bertz CT molecular complexity index is 937. The van der Waals surface area contributed by atoms with Crippen molar-refractivity contribution in [3.8, 4) is 5.82 Å². The van der Waals surface area contributed by atoms with Crippen molar-refractivity contribution in [2.75, 3.05) is 31.1 Å². The number of carbonyl (C=O) groups excluding carboxylic acids is 1. The van der Waals surface area contributed by atoms with Crippen LogP contribution in [0.2, 0.25) is 5.02 Å². The van der Waals surface area contributed by atoms with Gasteiger partial charge >= 0.3 is 6.03 Å². The van der Waals surface area contributed by atoms with Crippen LogP contribution in [0.1, 0.15) is 5.56 Å². The minimum Gasteiger partial charge on any atom is -0.367 e. The van der Waals surface area contributed by atoms with Gasteiger partial charge in [-0.25, -0.2) is 14.5 Å². The maximum atomic E-state index is 12.6. The average molecular weight is 397 g/mol. The van der Waals surface area contributed by atoms with Gasteiger partial charge in [-0.15, -0.1) is 0 Å². The summed E-state index contributed by atoms with van der Waals surface area (Å²) in [5.74, 6) is 0.719. The van der Waals surface area contributed by atoms with Crippen molar-refractivity contribution in [1.29, 1.82) is 0 Å². The predicted octanol–water partition coefficient (Wildman–Crippen LogP) is 2.95. The molecule has 3 aromatic rings. The van der Waals surface area contributed by atoms with Crippen molar-refractivity contribution < 1.29 is 4.79 Å². The molecule has 2 amide bonds. The minimum absolute atomic E-state index is 0.0749. The van der Waals surface area contributed by atoms with Crippen molar-refractivity contribution in [3.05, 3.63) is 71.6 Å². The van der Waals surface area contributed by atoms with E-state index in [1.807, 2.05) is 53.6 Å². The quantitative estimate of drug-likeness (QED) is 0.736. The zero-order valence-electron chi connectivity index (χ0n) is 15.3. The largest absolute Gasteiger partial charge is 0.367 e. The van der Waals surface area contributed by atoms with Crippen molar-refractivity contribution in [1.82, 2.24) is 25.0 Å². The molecule has 144 valence electrons. The van der Waals surface area contributed by atoms with Crippen LogP contribution in [0, 0.1) is 0 Å². The number of benzene rings is 1. The van der Waals surface area contributed by atoms with Crippen LogP contribution in [0.15, 0.2) is 61.1 Å². The van der Waals surface area contributed by atoms with Crippen molar-refractivity contribution in [2.24, 2.45) is 0 Å². The molecule has 0 bridgehead atoms. The highest BCUT2D eigenvalue weighted by molar-refractivity contribution is 6.33. The van der Waals surface area contributed by atoms with E-state index in [4.69, 9.17) is 11.6 Å². The van der Waals surface area contributed by atoms with Gasteiger partial charge in [0.1, 0.15) is 0 Å². The second-order valence-electron chi connectivity index (χ2n) is 6.52. The number of piperazine rings is 1. The van der Waals surface area contributed by atoms with E-state index in [2.05, 4.69) is 20.3 Å². The normalized spacial score (nSPS) is 14.2. The number of pyridine rings is 1. The van der Waals surface area contributed by atoms with Gasteiger partial charge in [0.05, 0.1) is 10.7 Å². The van der Waals surface area contributed by atoms with Crippen LogP contribution in [-0.4, -0.2) is 51.9 Å². The Morgan fingerprint density at radius 2 is 1.86 bits per heavy atom. The van der Waals surface area contributed by atoms with Crippen molar-refractivity contribution >= 4 is 23.3 Å². The van der Waals surface area contributed by atoms with Crippen LogP contribution >= 0.6 is 11.6 Å². The molecule has 1 N–H and O–H groups in total. The van der Waals surface area contributed by atoms with Crippen LogP contribution in [0.25, 0.3) is 5.82 Å². The lowest BCUT2D eigenvalue weighted by Gasteiger charge is -2.36. The highest BCUT2D eigenvalue weighted by Crippen LogP contribution is 2.26. The van der Waals surface area contributed by atoms with Gasteiger partial charge in [-0.3, -0.25) is 0 Å². The maximum Gasteiger partial charge on any atom is 0.317 e. The first-order valence-electron chi connectivity index (χ1n) is 9.18. The molecule has 7 nitrogen and oxygen atoms in total. The molecule has 4 rings (SSSR count). The van der Waals surface area contributed by atoms with Crippen LogP contribution in [-0.2, 0) is 6.54 Å². The summed E-state index contributed by atoms with van der Waals surface area (Å²) >= 11 is 6.28. The lowest BCUT2D eigenvalue weighted by molar-refractivity contribution is 0.194. The van der Waals surface area contributed by atoms with E-state index >= 15 is 0 Å². The number of rotatable bonds is 4. The van der Waals surface area contributed by atoms with Gasteiger partial charge in [-0.2, -0.15) is 5.10 Å². The number of aromatic nitrogens is 3. The Labute approximate surface area is 168 Å². The van der Waals surface area contributed by atoms with Gasteiger partial charge in [0.2, 0.25) is 0 Å². The number of para-hydroxylation sites is 1. The molecule has 0 atom stereocenters. The smallest absolute Gasteiger partial charge is 0.317 e. The molecule has 0 saturated carbocycles. The molecule has 28 heavy (non-hydrogen) atoms. The Morgan fingerprint density at radius 3 is 2.61 bits per heavy atom. The summed E-state index contributed by atoms with van der Waals surface area (Å²) in [4.78, 5) is 21.0. The van der Waals surface area contributed by atoms with Gasteiger partial charge in [0.15, 0.2) is 5.82 Å². The van der Waals surface area contributed by atoms with Crippen LogP contribution in [0.5, 0.6) is 0 Å². The molecule has 0 aliphatic carbocycles. The molecule has 0 unspecified atom stereocenters. The number of hydrogen-bond acceptors (Lipinski definition) is 4. The van der Waals surface area contributed by atoms with Crippen molar-refractivity contribution in [2.45, 2.75) is 6.54 Å². The summed E-state index contributed by atoms with van der Waals surface area (Å²) in [5.41, 5.74) is 1.93. The molecule has 1 aromatic carbocycles. The number of nitrogens with one attached hydrogen (secondary N) is 1. The van der Waals surface area contributed by atoms with Crippen LogP contribution in [0.4, 0.5) is 10.5 Å². The number of nitrogens with zero attached hydrogens (tertiary/aromatic N) is 5. The monoisotopic (exact) mass is 396 g/mol. The zero-order valence-corrected chi connectivity index (χ0v) is 16.1. The van der Waals surface area contributed by atoms with E-state index < -0.39 is 0 Å². The highest BCUT2D eigenvalue weighted by Gasteiger charge is 2.22. The molecular formula is C20H21ClN6O. The highest BCUT2D eigenvalue weighted by atomic mass is 35.5. The van der Waals surface area contributed by atoms with Crippen molar-refractivity contribution in [3.63, 3.8) is 0 Å². The molecule has 2 aromatic heterocycles. The number of amides is 2. The van der Waals surface area contributed by atoms with Gasteiger partial charge in [0, 0.05) is 56.9 Å². The van der Waals surface area contributed by atoms with E-state index in [1.165, 1.54) is 0 Å². The van der Waals surface area contributed by atoms with Gasteiger partial charge in [0.25, 0.3) is 0 Å². The molecule has 0 radical (unpaired) electrons. The fourth-order valence-corrected chi connectivity index (χ4v) is 3.57.